The predicted molar refractivity (Wildman–Crippen MR) is 180 cm³/mol. The summed E-state index contributed by atoms with van der Waals surface area (Å²) >= 11 is 15.6. The van der Waals surface area contributed by atoms with Crippen molar-refractivity contribution in [3.63, 3.8) is 0 Å². The van der Waals surface area contributed by atoms with E-state index in [9.17, 15) is 10.1 Å². The number of fused-ring (bicyclic) bond motifs is 1. The first-order valence-corrected chi connectivity index (χ1v) is 16.1. The second-order valence-electron chi connectivity index (χ2n) is 9.86. The van der Waals surface area contributed by atoms with Gasteiger partial charge in [0.1, 0.15) is 16.6 Å². The number of hydrogen-bond acceptors (Lipinski definition) is 8. The molecule has 0 bridgehead atoms. The average Bonchev–Trinajstić information content (AvgIpc) is 3.66. The Kier molecular flexibility index (Phi) is 7.92. The molecule has 0 amide bonds. The predicted octanol–water partition coefficient (Wildman–Crippen LogP) is 8.41. The smallest absolute Gasteiger partial charge is 0.270 e. The van der Waals surface area contributed by atoms with Gasteiger partial charge >= 0.3 is 0 Å². The van der Waals surface area contributed by atoms with Gasteiger partial charge in [-0.1, -0.05) is 131 Å². The summed E-state index contributed by atoms with van der Waals surface area (Å²) in [7, 11) is 0. The Labute approximate surface area is 275 Å². The zero-order valence-electron chi connectivity index (χ0n) is 23.1. The van der Waals surface area contributed by atoms with Crippen LogP contribution in [0.3, 0.4) is 0 Å². The van der Waals surface area contributed by atoms with Crippen molar-refractivity contribution in [2.75, 3.05) is 0 Å². The molecule has 0 saturated carbocycles. The van der Waals surface area contributed by atoms with E-state index in [0.717, 1.165) is 27.3 Å². The van der Waals surface area contributed by atoms with Crippen LogP contribution >= 0.6 is 46.3 Å². The van der Waals surface area contributed by atoms with Crippen LogP contribution in [0.5, 0.6) is 0 Å². The molecule has 3 heterocycles. The van der Waals surface area contributed by atoms with Crippen LogP contribution in [0.25, 0.3) is 49.3 Å². The minimum Gasteiger partial charge on any atom is -0.300 e. The molecule has 0 spiro atoms. The summed E-state index contributed by atoms with van der Waals surface area (Å²) in [5, 5.41) is 25.1. The largest absolute Gasteiger partial charge is 0.300 e. The van der Waals surface area contributed by atoms with Crippen LogP contribution in [0.2, 0.25) is 10.0 Å². The maximum Gasteiger partial charge on any atom is 0.270 e. The van der Waals surface area contributed by atoms with E-state index in [1.165, 1.54) is 23.1 Å². The van der Waals surface area contributed by atoms with Crippen molar-refractivity contribution in [1.82, 2.24) is 29.8 Å². The Bertz CT molecular complexity index is 2250. The summed E-state index contributed by atoms with van der Waals surface area (Å²) in [5.41, 5.74) is 5.23. The van der Waals surface area contributed by atoms with Crippen LogP contribution in [-0.4, -0.2) is 29.8 Å². The van der Waals surface area contributed by atoms with Crippen molar-refractivity contribution in [2.45, 2.75) is 10.9 Å². The highest BCUT2D eigenvalue weighted by atomic mass is 35.5. The standard InChI is InChI=1S/C33H19Cl2N7OS2/c34-25-7-4-8-26(35)27(25)29-39-40-33-42(29)41-31(45-33)23-11-9-19(10-12-23)18-44-32-37-28(24(17-36)30(43)38-32)22-15-13-21(14-16-22)20-5-2-1-3-6-20/h1-16H,18H2,(H,37,38,43). The Morgan fingerprint density at radius 1 is 0.822 bits per heavy atom. The molecule has 8 nitrogen and oxygen atoms in total. The molecule has 218 valence electrons. The third kappa shape index (κ3) is 5.75. The highest BCUT2D eigenvalue weighted by Crippen LogP contribution is 2.36. The van der Waals surface area contributed by atoms with Crippen LogP contribution in [-0.2, 0) is 5.75 Å². The third-order valence-electron chi connectivity index (χ3n) is 7.03. The van der Waals surface area contributed by atoms with Crippen molar-refractivity contribution in [3.8, 4) is 50.4 Å². The van der Waals surface area contributed by atoms with Crippen LogP contribution in [0.15, 0.2) is 107 Å². The lowest BCUT2D eigenvalue weighted by Gasteiger charge is -2.08. The van der Waals surface area contributed by atoms with Gasteiger partial charge in [-0.3, -0.25) is 4.79 Å². The second-order valence-corrected chi connectivity index (χ2v) is 12.6. The van der Waals surface area contributed by atoms with Gasteiger partial charge in [0.05, 0.1) is 21.3 Å². The third-order valence-corrected chi connectivity index (χ3v) is 9.55. The van der Waals surface area contributed by atoms with Gasteiger partial charge in [0.2, 0.25) is 4.96 Å². The molecule has 7 rings (SSSR count). The van der Waals surface area contributed by atoms with Gasteiger partial charge in [-0.25, -0.2) is 4.98 Å². The van der Waals surface area contributed by atoms with Gasteiger partial charge in [0, 0.05) is 16.9 Å². The summed E-state index contributed by atoms with van der Waals surface area (Å²) in [6, 6.07) is 33.0. The number of hydrogen-bond donors (Lipinski definition) is 1. The van der Waals surface area contributed by atoms with Crippen molar-refractivity contribution >= 4 is 51.3 Å². The molecular weight excluding hydrogens is 645 g/mol. The molecule has 0 saturated heterocycles. The molecule has 0 aliphatic rings. The van der Waals surface area contributed by atoms with E-state index in [1.54, 1.807) is 22.7 Å². The minimum absolute atomic E-state index is 0.0128. The van der Waals surface area contributed by atoms with Crippen molar-refractivity contribution in [1.29, 1.82) is 5.26 Å². The van der Waals surface area contributed by atoms with E-state index in [2.05, 4.69) is 20.2 Å². The summed E-state index contributed by atoms with van der Waals surface area (Å²) in [6.07, 6.45) is 0. The molecule has 3 aromatic heterocycles. The van der Waals surface area contributed by atoms with Gasteiger partial charge in [0.25, 0.3) is 5.56 Å². The van der Waals surface area contributed by atoms with Crippen molar-refractivity contribution < 1.29 is 0 Å². The molecule has 0 atom stereocenters. The molecule has 1 N–H and O–H groups in total. The Morgan fingerprint density at radius 3 is 2.20 bits per heavy atom. The molecule has 0 aliphatic heterocycles. The Morgan fingerprint density at radius 2 is 1.49 bits per heavy atom. The molecule has 45 heavy (non-hydrogen) atoms. The number of aromatic nitrogens is 6. The van der Waals surface area contributed by atoms with E-state index in [0.29, 0.717) is 48.6 Å². The lowest BCUT2D eigenvalue weighted by molar-refractivity contribution is 0.934. The van der Waals surface area contributed by atoms with Crippen molar-refractivity contribution in [3.05, 3.63) is 129 Å². The number of nitrogens with one attached hydrogen (secondary N) is 1. The number of rotatable bonds is 7. The van der Waals surface area contributed by atoms with Crippen LogP contribution in [0.1, 0.15) is 11.1 Å². The number of nitrogens with zero attached hydrogens (tertiary/aromatic N) is 6. The maximum atomic E-state index is 12.8. The summed E-state index contributed by atoms with van der Waals surface area (Å²) in [4.78, 5) is 20.8. The first kappa shape index (κ1) is 29.0. The van der Waals surface area contributed by atoms with Crippen LogP contribution in [0.4, 0.5) is 0 Å². The highest BCUT2D eigenvalue weighted by Gasteiger charge is 2.19. The van der Waals surface area contributed by atoms with E-state index in [1.807, 2.05) is 84.9 Å². The highest BCUT2D eigenvalue weighted by molar-refractivity contribution is 7.98. The second kappa shape index (κ2) is 12.3. The first-order valence-electron chi connectivity index (χ1n) is 13.6. The summed E-state index contributed by atoms with van der Waals surface area (Å²) in [6.45, 7) is 0. The first-order chi connectivity index (χ1) is 22.0. The van der Waals surface area contributed by atoms with E-state index >= 15 is 0 Å². The van der Waals surface area contributed by atoms with Gasteiger partial charge in [0.15, 0.2) is 11.0 Å². The quantitative estimate of drug-likeness (QED) is 0.135. The zero-order valence-corrected chi connectivity index (χ0v) is 26.3. The number of H-pyrrole nitrogens is 1. The number of nitriles is 1. The molecular formula is C33H19Cl2N7OS2. The molecule has 0 radical (unpaired) electrons. The number of aromatic amines is 1. The van der Waals surface area contributed by atoms with E-state index in [-0.39, 0.29) is 5.56 Å². The number of thioether (sulfide) groups is 1. The van der Waals surface area contributed by atoms with Crippen LogP contribution in [0, 0.1) is 11.3 Å². The summed E-state index contributed by atoms with van der Waals surface area (Å²) in [5.74, 6) is 1.04. The van der Waals surface area contributed by atoms with E-state index in [4.69, 9.17) is 28.3 Å². The molecule has 0 unspecified atom stereocenters. The van der Waals surface area contributed by atoms with Gasteiger partial charge in [-0.2, -0.15) is 14.9 Å². The molecule has 7 aromatic rings. The Balaban J connectivity index is 1.10. The maximum absolute atomic E-state index is 12.8. The molecule has 0 aliphatic carbocycles. The normalized spacial score (nSPS) is 11.1. The zero-order chi connectivity index (χ0) is 30.9. The molecule has 0 fully saturated rings. The fourth-order valence-corrected chi connectivity index (χ4v) is 7.01. The molecule has 12 heteroatoms. The minimum atomic E-state index is -0.465. The van der Waals surface area contributed by atoms with Crippen LogP contribution < -0.4 is 5.56 Å². The number of benzene rings is 4. The Hall–Kier alpha value is -4.79. The van der Waals surface area contributed by atoms with E-state index < -0.39 is 5.56 Å². The lowest BCUT2D eigenvalue weighted by Crippen LogP contribution is -2.14. The topological polar surface area (TPSA) is 113 Å². The molecule has 4 aromatic carbocycles. The SMILES string of the molecule is N#Cc1c(-c2ccc(-c3ccccc3)cc2)nc(SCc2ccc(-c3nn4c(-c5c(Cl)cccc5Cl)nnc4s3)cc2)[nH]c1=O. The van der Waals surface area contributed by atoms with Gasteiger partial charge < -0.3 is 4.98 Å². The number of halogens is 2. The fraction of sp³-hybridized carbons (Fsp3) is 0.0303. The van der Waals surface area contributed by atoms with Crippen molar-refractivity contribution in [2.24, 2.45) is 0 Å². The van der Waals surface area contributed by atoms with Gasteiger partial charge in [-0.15, -0.1) is 10.2 Å². The lowest BCUT2D eigenvalue weighted by atomic mass is 10.0. The monoisotopic (exact) mass is 663 g/mol. The average molecular weight is 665 g/mol. The van der Waals surface area contributed by atoms with Gasteiger partial charge in [-0.05, 0) is 28.8 Å². The fourth-order valence-electron chi connectivity index (χ4n) is 4.78. The summed E-state index contributed by atoms with van der Waals surface area (Å²) < 4.78 is 1.65.